The molecular weight excluding hydrogens is 278 g/mol. The van der Waals surface area contributed by atoms with Crippen LogP contribution in [0.3, 0.4) is 0 Å². The zero-order valence-corrected chi connectivity index (χ0v) is 13.0. The van der Waals surface area contributed by atoms with Crippen LogP contribution in [0, 0.1) is 6.92 Å². The van der Waals surface area contributed by atoms with Gasteiger partial charge in [-0.3, -0.25) is 4.79 Å². The van der Waals surface area contributed by atoms with Crippen LogP contribution in [-0.2, 0) is 4.79 Å². The van der Waals surface area contributed by atoms with E-state index in [1.807, 2.05) is 55.5 Å². The van der Waals surface area contributed by atoms with E-state index in [4.69, 9.17) is 9.47 Å². The molecule has 0 aliphatic rings. The van der Waals surface area contributed by atoms with E-state index in [0.29, 0.717) is 12.4 Å². The summed E-state index contributed by atoms with van der Waals surface area (Å²) in [7, 11) is 0. The van der Waals surface area contributed by atoms with E-state index < -0.39 is 0 Å². The Kier molecular flexibility index (Phi) is 5.83. The van der Waals surface area contributed by atoms with E-state index in [1.165, 1.54) is 0 Å². The quantitative estimate of drug-likeness (QED) is 0.846. The van der Waals surface area contributed by atoms with Crippen molar-refractivity contribution in [3.8, 4) is 11.5 Å². The van der Waals surface area contributed by atoms with E-state index in [9.17, 15) is 4.79 Å². The topological polar surface area (TPSA) is 47.6 Å². The Bertz CT molecular complexity index is 608. The standard InChI is InChI=1S/C18H21NO3/c1-3-11-21-16-9-7-15(8-10-16)19-18(20)13-22-17-6-4-5-14(2)12-17/h4-10,12H,3,11,13H2,1-2H3,(H,19,20). The molecule has 22 heavy (non-hydrogen) atoms. The van der Waals surface area contributed by atoms with Crippen LogP contribution in [0.2, 0.25) is 0 Å². The highest BCUT2D eigenvalue weighted by Gasteiger charge is 2.04. The molecule has 2 aromatic carbocycles. The largest absolute Gasteiger partial charge is 0.494 e. The average molecular weight is 299 g/mol. The summed E-state index contributed by atoms with van der Waals surface area (Å²) in [6, 6.07) is 14.9. The summed E-state index contributed by atoms with van der Waals surface area (Å²) in [4.78, 5) is 11.9. The zero-order chi connectivity index (χ0) is 15.8. The Morgan fingerprint density at radius 1 is 1.05 bits per heavy atom. The van der Waals surface area contributed by atoms with Crippen LogP contribution in [0.5, 0.6) is 11.5 Å². The van der Waals surface area contributed by atoms with Crippen molar-refractivity contribution in [1.29, 1.82) is 0 Å². The molecule has 2 aromatic rings. The van der Waals surface area contributed by atoms with Gasteiger partial charge in [-0.2, -0.15) is 0 Å². The fraction of sp³-hybridized carbons (Fsp3) is 0.278. The minimum absolute atomic E-state index is 0.0163. The first-order valence-corrected chi connectivity index (χ1v) is 7.39. The number of ether oxygens (including phenoxy) is 2. The van der Waals surface area contributed by atoms with Gasteiger partial charge in [0.25, 0.3) is 5.91 Å². The number of anilines is 1. The van der Waals surface area contributed by atoms with Gasteiger partial charge in [-0.15, -0.1) is 0 Å². The van der Waals surface area contributed by atoms with Crippen molar-refractivity contribution >= 4 is 11.6 Å². The maximum Gasteiger partial charge on any atom is 0.262 e. The van der Waals surface area contributed by atoms with Crippen molar-refractivity contribution in [2.45, 2.75) is 20.3 Å². The molecule has 0 aliphatic carbocycles. The molecule has 0 radical (unpaired) electrons. The van der Waals surface area contributed by atoms with Crippen LogP contribution in [0.25, 0.3) is 0 Å². The Hall–Kier alpha value is -2.49. The second-order valence-corrected chi connectivity index (χ2v) is 5.03. The van der Waals surface area contributed by atoms with Crippen molar-refractivity contribution in [3.63, 3.8) is 0 Å². The molecule has 0 saturated heterocycles. The van der Waals surface area contributed by atoms with Crippen LogP contribution in [-0.4, -0.2) is 19.1 Å². The predicted octanol–water partition coefficient (Wildman–Crippen LogP) is 3.80. The van der Waals surface area contributed by atoms with Crippen LogP contribution in [0.15, 0.2) is 48.5 Å². The number of hydrogen-bond donors (Lipinski definition) is 1. The lowest BCUT2D eigenvalue weighted by Crippen LogP contribution is -2.20. The molecule has 0 aliphatic heterocycles. The molecule has 0 heterocycles. The highest BCUT2D eigenvalue weighted by molar-refractivity contribution is 5.91. The van der Waals surface area contributed by atoms with Crippen LogP contribution < -0.4 is 14.8 Å². The maximum absolute atomic E-state index is 11.9. The molecule has 0 aromatic heterocycles. The number of aryl methyl sites for hydroxylation is 1. The molecule has 4 nitrogen and oxygen atoms in total. The summed E-state index contributed by atoms with van der Waals surface area (Å²) in [5.41, 5.74) is 1.82. The predicted molar refractivity (Wildman–Crippen MR) is 87.5 cm³/mol. The number of nitrogens with one attached hydrogen (secondary N) is 1. The van der Waals surface area contributed by atoms with Crippen LogP contribution in [0.1, 0.15) is 18.9 Å². The number of benzene rings is 2. The molecule has 0 saturated carbocycles. The molecule has 0 bridgehead atoms. The first kappa shape index (κ1) is 15.9. The van der Waals surface area contributed by atoms with Crippen LogP contribution >= 0.6 is 0 Å². The Labute approximate surface area is 131 Å². The number of carbonyl (C=O) groups is 1. The van der Waals surface area contributed by atoms with Gasteiger partial charge in [-0.25, -0.2) is 0 Å². The van der Waals surface area contributed by atoms with Gasteiger partial charge in [0.1, 0.15) is 11.5 Å². The van der Waals surface area contributed by atoms with Crippen molar-refractivity contribution in [2.24, 2.45) is 0 Å². The Balaban J connectivity index is 1.81. The third kappa shape index (κ3) is 5.13. The van der Waals surface area contributed by atoms with E-state index >= 15 is 0 Å². The average Bonchev–Trinajstić information content (AvgIpc) is 2.52. The molecular formula is C18H21NO3. The maximum atomic E-state index is 11.9. The fourth-order valence-corrected chi connectivity index (χ4v) is 1.91. The first-order valence-electron chi connectivity index (χ1n) is 7.39. The van der Waals surface area contributed by atoms with Gasteiger partial charge in [0.05, 0.1) is 6.61 Å². The molecule has 0 spiro atoms. The number of hydrogen-bond acceptors (Lipinski definition) is 3. The molecule has 1 N–H and O–H groups in total. The molecule has 4 heteroatoms. The van der Waals surface area contributed by atoms with Gasteiger partial charge in [0.15, 0.2) is 6.61 Å². The highest BCUT2D eigenvalue weighted by Crippen LogP contribution is 2.16. The molecule has 1 amide bonds. The molecule has 2 rings (SSSR count). The number of rotatable bonds is 7. The normalized spacial score (nSPS) is 10.1. The fourth-order valence-electron chi connectivity index (χ4n) is 1.91. The van der Waals surface area contributed by atoms with E-state index in [0.717, 1.165) is 23.4 Å². The smallest absolute Gasteiger partial charge is 0.262 e. The van der Waals surface area contributed by atoms with E-state index in [-0.39, 0.29) is 12.5 Å². The van der Waals surface area contributed by atoms with Gasteiger partial charge < -0.3 is 14.8 Å². The van der Waals surface area contributed by atoms with Gasteiger partial charge in [-0.05, 0) is 55.3 Å². The highest BCUT2D eigenvalue weighted by atomic mass is 16.5. The Morgan fingerprint density at radius 2 is 1.82 bits per heavy atom. The lowest BCUT2D eigenvalue weighted by atomic mass is 10.2. The van der Waals surface area contributed by atoms with Gasteiger partial charge in [0, 0.05) is 5.69 Å². The Morgan fingerprint density at radius 3 is 2.50 bits per heavy atom. The molecule has 0 fully saturated rings. The lowest BCUT2D eigenvalue weighted by molar-refractivity contribution is -0.118. The van der Waals surface area contributed by atoms with Crippen molar-refractivity contribution < 1.29 is 14.3 Å². The van der Waals surface area contributed by atoms with E-state index in [2.05, 4.69) is 12.2 Å². The summed E-state index contributed by atoms with van der Waals surface area (Å²) in [5, 5.41) is 2.79. The van der Waals surface area contributed by atoms with Gasteiger partial charge in [-0.1, -0.05) is 19.1 Å². The van der Waals surface area contributed by atoms with Crippen molar-refractivity contribution in [3.05, 3.63) is 54.1 Å². The van der Waals surface area contributed by atoms with Gasteiger partial charge in [0.2, 0.25) is 0 Å². The number of amides is 1. The van der Waals surface area contributed by atoms with Crippen LogP contribution in [0.4, 0.5) is 5.69 Å². The lowest BCUT2D eigenvalue weighted by Gasteiger charge is -2.09. The summed E-state index contributed by atoms with van der Waals surface area (Å²) < 4.78 is 11.0. The van der Waals surface area contributed by atoms with Gasteiger partial charge >= 0.3 is 0 Å². The number of carbonyl (C=O) groups excluding carboxylic acids is 1. The molecule has 0 unspecified atom stereocenters. The summed E-state index contributed by atoms with van der Waals surface area (Å²) >= 11 is 0. The molecule has 0 atom stereocenters. The molecule has 116 valence electrons. The first-order chi connectivity index (χ1) is 10.7. The summed E-state index contributed by atoms with van der Waals surface area (Å²) in [6.07, 6.45) is 0.967. The van der Waals surface area contributed by atoms with E-state index in [1.54, 1.807) is 0 Å². The SMILES string of the molecule is CCCOc1ccc(NC(=O)COc2cccc(C)c2)cc1. The van der Waals surface area contributed by atoms with Crippen molar-refractivity contribution in [2.75, 3.05) is 18.5 Å². The zero-order valence-electron chi connectivity index (χ0n) is 13.0. The minimum atomic E-state index is -0.191. The minimum Gasteiger partial charge on any atom is -0.494 e. The third-order valence-corrected chi connectivity index (χ3v) is 2.97. The van der Waals surface area contributed by atoms with Crippen molar-refractivity contribution in [1.82, 2.24) is 0 Å². The second kappa shape index (κ2) is 8.08. The second-order valence-electron chi connectivity index (χ2n) is 5.03. The monoisotopic (exact) mass is 299 g/mol. The summed E-state index contributed by atoms with van der Waals surface area (Å²) in [5.74, 6) is 1.30. The third-order valence-electron chi connectivity index (χ3n) is 2.97. The summed E-state index contributed by atoms with van der Waals surface area (Å²) in [6.45, 7) is 4.71.